The number of fused-ring (bicyclic) bond motifs is 1. The third kappa shape index (κ3) is 4.14. The van der Waals surface area contributed by atoms with E-state index in [1.54, 1.807) is 7.11 Å². The predicted octanol–water partition coefficient (Wildman–Crippen LogP) is 3.49. The Bertz CT molecular complexity index is 1000. The van der Waals surface area contributed by atoms with Gasteiger partial charge in [0.05, 0.1) is 13.2 Å². The lowest BCUT2D eigenvalue weighted by molar-refractivity contribution is -0.121. The van der Waals surface area contributed by atoms with Crippen molar-refractivity contribution in [2.75, 3.05) is 19.1 Å². The number of nitrogens with one attached hydrogen (secondary N) is 2. The van der Waals surface area contributed by atoms with Crippen LogP contribution < -0.4 is 15.5 Å². The molecule has 0 radical (unpaired) electrons. The third-order valence-electron chi connectivity index (χ3n) is 4.89. The van der Waals surface area contributed by atoms with Gasteiger partial charge in [-0.2, -0.15) is 0 Å². The van der Waals surface area contributed by atoms with Gasteiger partial charge in [-0.15, -0.1) is 10.2 Å². The van der Waals surface area contributed by atoms with Gasteiger partial charge in [0.15, 0.2) is 5.82 Å². The summed E-state index contributed by atoms with van der Waals surface area (Å²) in [7, 11) is 1.64. The van der Waals surface area contributed by atoms with Gasteiger partial charge in [0.2, 0.25) is 11.1 Å². The van der Waals surface area contributed by atoms with Crippen molar-refractivity contribution in [3.8, 4) is 17.1 Å². The van der Waals surface area contributed by atoms with E-state index in [1.165, 1.54) is 11.8 Å². The van der Waals surface area contributed by atoms with Crippen molar-refractivity contribution < 1.29 is 9.53 Å². The van der Waals surface area contributed by atoms with Crippen LogP contribution in [0.15, 0.2) is 59.8 Å². The molecule has 30 heavy (non-hydrogen) atoms. The minimum Gasteiger partial charge on any atom is -0.497 e. The number of hydrogen-bond donors (Lipinski definition) is 2. The molecule has 1 aromatic heterocycles. The van der Waals surface area contributed by atoms with E-state index >= 15 is 0 Å². The van der Waals surface area contributed by atoms with Crippen LogP contribution in [0.5, 0.6) is 5.75 Å². The number of methoxy groups -OCH3 is 1. The Kier molecular flexibility index (Phi) is 5.94. The number of hydrogen-bond acceptors (Lipinski definition) is 6. The van der Waals surface area contributed by atoms with E-state index in [4.69, 9.17) is 4.74 Å². The first-order chi connectivity index (χ1) is 14.6. The van der Waals surface area contributed by atoms with Crippen LogP contribution >= 0.6 is 11.8 Å². The number of aromatic nitrogens is 3. The fourth-order valence-electron chi connectivity index (χ4n) is 3.30. The van der Waals surface area contributed by atoms with Crippen LogP contribution in [0.25, 0.3) is 11.4 Å². The molecule has 2 heterocycles. The van der Waals surface area contributed by atoms with Gasteiger partial charge in [-0.1, -0.05) is 68.1 Å². The van der Waals surface area contributed by atoms with Crippen molar-refractivity contribution in [1.29, 1.82) is 0 Å². The summed E-state index contributed by atoms with van der Waals surface area (Å²) in [6, 6.07) is 17.4. The lowest BCUT2D eigenvalue weighted by Crippen LogP contribution is -2.44. The molecule has 0 saturated carbocycles. The largest absolute Gasteiger partial charge is 0.497 e. The first kappa shape index (κ1) is 20.3. The van der Waals surface area contributed by atoms with E-state index < -0.39 is 0 Å². The van der Waals surface area contributed by atoms with Crippen LogP contribution in [0.2, 0.25) is 0 Å². The van der Waals surface area contributed by atoms with E-state index in [9.17, 15) is 4.79 Å². The van der Waals surface area contributed by atoms with Crippen LogP contribution in [0, 0.1) is 5.92 Å². The molecule has 0 fully saturated rings. The number of benzene rings is 2. The molecule has 1 aliphatic rings. The molecule has 0 unspecified atom stereocenters. The van der Waals surface area contributed by atoms with E-state index in [-0.39, 0.29) is 17.2 Å². The van der Waals surface area contributed by atoms with Crippen molar-refractivity contribution in [3.05, 3.63) is 60.2 Å². The van der Waals surface area contributed by atoms with Crippen LogP contribution in [-0.2, 0) is 4.79 Å². The van der Waals surface area contributed by atoms with Gasteiger partial charge in [-0.3, -0.25) is 4.79 Å². The molecule has 156 valence electrons. The first-order valence-electron chi connectivity index (χ1n) is 9.92. The summed E-state index contributed by atoms with van der Waals surface area (Å²) >= 11 is 1.43. The van der Waals surface area contributed by atoms with E-state index in [2.05, 4.69) is 34.8 Å². The quantitative estimate of drug-likeness (QED) is 0.632. The number of rotatable bonds is 6. The monoisotopic (exact) mass is 423 g/mol. The average molecular weight is 424 g/mol. The number of amides is 1. The van der Waals surface area contributed by atoms with Crippen molar-refractivity contribution in [2.45, 2.75) is 30.3 Å². The smallest absolute Gasteiger partial charge is 0.236 e. The van der Waals surface area contributed by atoms with Gasteiger partial charge in [0, 0.05) is 12.1 Å². The Morgan fingerprint density at radius 1 is 1.17 bits per heavy atom. The molecule has 7 nitrogen and oxygen atoms in total. The lowest BCUT2D eigenvalue weighted by atomic mass is 10.0. The molecule has 2 aromatic carbocycles. The van der Waals surface area contributed by atoms with Gasteiger partial charge in [-0.05, 0) is 23.6 Å². The summed E-state index contributed by atoms with van der Waals surface area (Å²) in [5, 5.41) is 12.1. The second-order valence-electron chi connectivity index (χ2n) is 7.56. The van der Waals surface area contributed by atoms with Crippen molar-refractivity contribution >= 4 is 17.7 Å². The average Bonchev–Trinajstić information content (AvgIpc) is 3.20. The van der Waals surface area contributed by atoms with Crippen LogP contribution in [0.1, 0.15) is 25.5 Å². The summed E-state index contributed by atoms with van der Waals surface area (Å²) < 4.78 is 7.16. The molecule has 2 atom stereocenters. The fourth-order valence-corrected chi connectivity index (χ4v) is 4.40. The van der Waals surface area contributed by atoms with Gasteiger partial charge in [0.25, 0.3) is 0 Å². The molecule has 0 aliphatic carbocycles. The van der Waals surface area contributed by atoms with Crippen molar-refractivity contribution in [2.24, 2.45) is 5.92 Å². The zero-order valence-corrected chi connectivity index (χ0v) is 18.0. The Morgan fingerprint density at radius 3 is 2.57 bits per heavy atom. The normalized spacial score (nSPS) is 17.9. The second-order valence-corrected chi connectivity index (χ2v) is 8.67. The van der Waals surface area contributed by atoms with Gasteiger partial charge in [0.1, 0.15) is 11.0 Å². The first-order valence-corrected chi connectivity index (χ1v) is 10.8. The molecule has 0 spiro atoms. The zero-order chi connectivity index (χ0) is 21.1. The molecule has 3 aromatic rings. The molecular formula is C22H25N5O2S. The van der Waals surface area contributed by atoms with Gasteiger partial charge in [-0.25, -0.2) is 4.68 Å². The minimum absolute atomic E-state index is 0.0162. The Labute approximate surface area is 180 Å². The van der Waals surface area contributed by atoms with Crippen molar-refractivity contribution in [3.63, 3.8) is 0 Å². The van der Waals surface area contributed by atoms with E-state index in [0.717, 1.165) is 22.7 Å². The highest BCUT2D eigenvalue weighted by Gasteiger charge is 2.38. The summed E-state index contributed by atoms with van der Waals surface area (Å²) in [4.78, 5) is 13.0. The van der Waals surface area contributed by atoms with Gasteiger partial charge < -0.3 is 15.5 Å². The second kappa shape index (κ2) is 8.79. The summed E-state index contributed by atoms with van der Waals surface area (Å²) in [6.07, 6.45) is 0. The molecule has 1 aliphatic heterocycles. The molecule has 4 rings (SSSR count). The topological polar surface area (TPSA) is 81.1 Å². The van der Waals surface area contributed by atoms with Gasteiger partial charge >= 0.3 is 0 Å². The molecule has 2 N–H and O–H groups in total. The minimum atomic E-state index is -0.377. The Morgan fingerprint density at radius 2 is 1.90 bits per heavy atom. The van der Waals surface area contributed by atoms with Crippen molar-refractivity contribution in [1.82, 2.24) is 20.2 Å². The summed E-state index contributed by atoms with van der Waals surface area (Å²) in [6.45, 7) is 4.79. The zero-order valence-electron chi connectivity index (χ0n) is 17.2. The highest BCUT2D eigenvalue weighted by atomic mass is 32.2. The fraction of sp³-hybridized carbons (Fsp3) is 0.318. The number of ether oxygens (including phenoxy) is 1. The number of nitrogens with zero attached hydrogens (tertiary/aromatic N) is 3. The maximum atomic E-state index is 13.0. The van der Waals surface area contributed by atoms with Crippen LogP contribution in [0.4, 0.5) is 0 Å². The Balaban J connectivity index is 1.69. The summed E-state index contributed by atoms with van der Waals surface area (Å²) in [5.74, 6) is 1.86. The number of thioether (sulfide) groups is 1. The molecule has 0 bridgehead atoms. The highest BCUT2D eigenvalue weighted by Crippen LogP contribution is 2.38. The lowest BCUT2D eigenvalue weighted by Gasteiger charge is -2.33. The molecule has 8 heteroatoms. The highest BCUT2D eigenvalue weighted by molar-refractivity contribution is 8.00. The molecule has 1 amide bonds. The number of carbonyl (C=O) groups is 1. The third-order valence-corrected chi connectivity index (χ3v) is 6.10. The predicted molar refractivity (Wildman–Crippen MR) is 118 cm³/mol. The standard InChI is InChI=1S/C22H25N5O2S/c1-14(2)13-23-21(28)19-18(15-9-11-17(29-3)12-10-15)26-27-20(24-25-22(27)30-19)16-7-5-4-6-8-16/h4-12,14,18-19,26H,13H2,1-3H3,(H,23,28)/t18-,19-/m0/s1. The maximum Gasteiger partial charge on any atom is 0.236 e. The SMILES string of the molecule is COc1ccc([C@@H]2Nn3c(nnc3-c3ccccc3)S[C@@H]2C(=O)NCC(C)C)cc1. The van der Waals surface area contributed by atoms with Crippen LogP contribution in [0.3, 0.4) is 0 Å². The molecular weight excluding hydrogens is 398 g/mol. The summed E-state index contributed by atoms with van der Waals surface area (Å²) in [5.41, 5.74) is 5.44. The Hall–Kier alpha value is -3.00. The number of carbonyl (C=O) groups excluding carboxylic acids is 1. The molecule has 0 saturated heterocycles. The van der Waals surface area contributed by atoms with E-state index in [0.29, 0.717) is 17.6 Å². The maximum absolute atomic E-state index is 13.0. The van der Waals surface area contributed by atoms with E-state index in [1.807, 2.05) is 59.3 Å². The van der Waals surface area contributed by atoms with Crippen LogP contribution in [-0.4, -0.2) is 39.7 Å².